The summed E-state index contributed by atoms with van der Waals surface area (Å²) in [5.41, 5.74) is 8.00. The Morgan fingerprint density at radius 1 is 0.713 bits per heavy atom. The fourth-order valence-corrected chi connectivity index (χ4v) is 12.9. The second-order valence-electron chi connectivity index (χ2n) is 25.7. The molecular formula is C66H75Cl2N9O24. The van der Waals surface area contributed by atoms with Crippen LogP contribution in [0.25, 0.3) is 11.1 Å². The van der Waals surface area contributed by atoms with Crippen molar-refractivity contribution in [3.63, 3.8) is 0 Å². The number of carboxylic acid groups (broad SMARTS) is 1. The Morgan fingerprint density at radius 2 is 1.32 bits per heavy atom. The minimum Gasteiger partial charge on any atom is -0.508 e. The average Bonchev–Trinajstić information content (AvgIpc) is 0.775. The van der Waals surface area contributed by atoms with E-state index >= 15 is 14.4 Å². The molecule has 0 unspecified atom stereocenters. The number of amides is 7. The minimum absolute atomic E-state index is 0.0975. The summed E-state index contributed by atoms with van der Waals surface area (Å²) in [6.45, 7) is 5.66. The third-order valence-corrected chi connectivity index (χ3v) is 18.4. The summed E-state index contributed by atoms with van der Waals surface area (Å²) in [6.07, 6.45) is -18.6. The Hall–Kier alpha value is -9.20. The van der Waals surface area contributed by atoms with Gasteiger partial charge in [0.05, 0.1) is 41.3 Å². The molecule has 2 fully saturated rings. The molecule has 7 aliphatic rings. The van der Waals surface area contributed by atoms with Gasteiger partial charge in [-0.25, -0.2) is 4.79 Å². The van der Waals surface area contributed by atoms with Gasteiger partial charge in [0, 0.05) is 34.7 Å². The number of hydrogen-bond acceptors (Lipinski definition) is 25. The number of fused-ring (bicyclic) bond motifs is 15. The summed E-state index contributed by atoms with van der Waals surface area (Å²) < 4.78 is 38.3. The van der Waals surface area contributed by atoms with Crippen LogP contribution in [0.15, 0.2) is 78.9 Å². The number of nitrogens with two attached hydrogens (primary N) is 2. The first kappa shape index (κ1) is 74.5. The highest BCUT2D eigenvalue weighted by Crippen LogP contribution is 2.50. The Bertz CT molecular complexity index is 4070. The maximum atomic E-state index is 16.0. The number of halogens is 2. The number of rotatable bonds is 13. The molecular weight excluding hydrogens is 1370 g/mol. The molecule has 2 saturated heterocycles. The van der Waals surface area contributed by atoms with E-state index in [9.17, 15) is 75.0 Å². The highest BCUT2D eigenvalue weighted by molar-refractivity contribution is 6.32. The van der Waals surface area contributed by atoms with Crippen molar-refractivity contribution in [2.45, 2.75) is 156 Å². The molecule has 0 spiro atoms. The van der Waals surface area contributed by atoms with E-state index in [1.807, 2.05) is 13.8 Å². The molecule has 0 aromatic heterocycles. The molecule has 7 aliphatic heterocycles. The lowest BCUT2D eigenvalue weighted by Gasteiger charge is -2.47. The lowest BCUT2D eigenvalue weighted by molar-refractivity contribution is -0.333. The van der Waals surface area contributed by atoms with Gasteiger partial charge in [0.2, 0.25) is 53.4 Å². The number of nitrogens with one attached hydrogen (secondary N) is 7. The molecule has 5 aromatic rings. The van der Waals surface area contributed by atoms with E-state index in [2.05, 4.69) is 37.2 Å². The average molecular weight is 1450 g/mol. The monoisotopic (exact) mass is 1450 g/mol. The first-order valence-corrected chi connectivity index (χ1v) is 32.4. The number of aliphatic hydroxyl groups is 6. The molecule has 5 aromatic carbocycles. The van der Waals surface area contributed by atoms with Crippen LogP contribution in [0.2, 0.25) is 10.0 Å². The zero-order valence-electron chi connectivity index (χ0n) is 54.3. The van der Waals surface area contributed by atoms with Gasteiger partial charge < -0.3 is 128 Å². The molecule has 7 heterocycles. The third-order valence-electron chi connectivity index (χ3n) is 17.8. The van der Waals surface area contributed by atoms with Gasteiger partial charge in [-0.05, 0) is 110 Å². The predicted octanol–water partition coefficient (Wildman–Crippen LogP) is 0.106. The number of aliphatic carboxylic acids is 1. The van der Waals surface area contributed by atoms with Crippen LogP contribution in [-0.2, 0) is 52.6 Å². The van der Waals surface area contributed by atoms with E-state index in [4.69, 9.17) is 63.1 Å². The van der Waals surface area contributed by atoms with Crippen LogP contribution in [0.3, 0.4) is 0 Å². The molecule has 21 N–H and O–H groups in total. The van der Waals surface area contributed by atoms with Crippen molar-refractivity contribution >= 4 is 70.5 Å². The van der Waals surface area contributed by atoms with Crippen molar-refractivity contribution in [1.82, 2.24) is 37.2 Å². The smallest absolute Gasteiger partial charge is 0.330 e. The van der Waals surface area contributed by atoms with Gasteiger partial charge in [-0.2, -0.15) is 0 Å². The van der Waals surface area contributed by atoms with E-state index < -0.39 is 237 Å². The van der Waals surface area contributed by atoms with Crippen molar-refractivity contribution in [3.05, 3.63) is 117 Å². The summed E-state index contributed by atoms with van der Waals surface area (Å²) in [4.78, 5) is 117. The van der Waals surface area contributed by atoms with Gasteiger partial charge in [0.25, 0.3) is 0 Å². The van der Waals surface area contributed by atoms with Gasteiger partial charge in [-0.15, -0.1) is 0 Å². The second kappa shape index (κ2) is 30.2. The summed E-state index contributed by atoms with van der Waals surface area (Å²) >= 11 is 14.1. The largest absolute Gasteiger partial charge is 0.508 e. The molecule has 542 valence electrons. The van der Waals surface area contributed by atoms with Crippen LogP contribution >= 0.6 is 23.2 Å². The van der Waals surface area contributed by atoms with Crippen molar-refractivity contribution in [2.24, 2.45) is 17.4 Å². The molecule has 11 bridgehead atoms. The van der Waals surface area contributed by atoms with E-state index in [1.165, 1.54) is 33.0 Å². The Labute approximate surface area is 584 Å². The van der Waals surface area contributed by atoms with Gasteiger partial charge in [-0.3, -0.25) is 33.6 Å². The number of likely N-dealkylation sites (N-methyl/N-ethyl adjacent to an activating group) is 1. The molecule has 0 aliphatic carbocycles. The van der Waals surface area contributed by atoms with Gasteiger partial charge in [-0.1, -0.05) is 55.2 Å². The van der Waals surface area contributed by atoms with Crippen LogP contribution in [0.1, 0.15) is 105 Å². The SMILES string of the molecule is CN[C@H](CC(C)C)C(=O)N[C@H]1C(=O)N[C@@H](CC(N)=O)C(=O)N[C@H]2C(=O)N[C@H]3C(=O)N[C@H](C(=O)N[C@H](C(=O)O)c4cc(O)cc(O)c4-c4cc3ccc4O)[C@H](O)c3ccc(c(Cl)c3)Oc3cc2cc(c3O[C@@H]2O[C@H](CO)[C@@H](O)[C@H](O)[C@H]2O[C@H]2C[C@](C)(N)[C@H](O)[C@@H](C)O2)Oc2ccc(cc2Cl)[C@H]1O. The molecule has 35 heteroatoms. The minimum atomic E-state index is -2.35. The van der Waals surface area contributed by atoms with Crippen LogP contribution in [0.4, 0.5) is 0 Å². The quantitative estimate of drug-likeness (QED) is 0.0743. The predicted molar refractivity (Wildman–Crippen MR) is 349 cm³/mol. The number of aliphatic hydroxyl groups excluding tert-OH is 6. The van der Waals surface area contributed by atoms with Gasteiger partial charge in [0.1, 0.15) is 89.5 Å². The number of phenolic OH excluding ortho intramolecular Hbond substituents is 3. The fraction of sp³-hybridized carbons (Fsp3) is 0.424. The summed E-state index contributed by atoms with van der Waals surface area (Å²) in [7, 11) is 1.47. The van der Waals surface area contributed by atoms with Crippen molar-refractivity contribution in [2.75, 3.05) is 13.7 Å². The molecule has 33 nitrogen and oxygen atoms in total. The van der Waals surface area contributed by atoms with E-state index in [-0.39, 0.29) is 46.2 Å². The maximum Gasteiger partial charge on any atom is 0.330 e. The summed E-state index contributed by atoms with van der Waals surface area (Å²) in [5, 5.41) is 131. The second-order valence-corrected chi connectivity index (χ2v) is 26.5. The van der Waals surface area contributed by atoms with E-state index in [0.717, 1.165) is 66.7 Å². The summed E-state index contributed by atoms with van der Waals surface area (Å²) in [6, 6.07) is -0.679. The highest BCUT2D eigenvalue weighted by Gasteiger charge is 2.51. The van der Waals surface area contributed by atoms with E-state index in [1.54, 1.807) is 0 Å². The Kier molecular flexibility index (Phi) is 22.2. The maximum absolute atomic E-state index is 16.0. The first-order valence-electron chi connectivity index (χ1n) is 31.6. The standard InChI is InChI=1S/C66H75Cl2N9O24/c1-23(2)12-34(71-5)58(88)76-49-51(83)26-7-10-38(32(67)14-26)97-40-16-28-17-41(55(40)101-65-56(54(86)53(85)42(22-78)99-65)100-44-21-66(4,70)57(87)24(3)96-44)98-39-11-8-27(15-33(39)68)52(84)50-63(93)75-48(64(94)95)31-18-29(79)19-37(81)45(31)30-13-25(6-9-36(30)80)46(60(90)77-50)74-61(91)47(28)73-59(89)35(20-43(69)82)72-62(49)92/h6-11,13-19,23-24,34-35,42,44,46-54,56-57,65,71,78-81,83-87H,12,20-22,70H2,1-5H3,(H2,69,82)(H,72,92)(H,73,89)(H,74,91)(H,75,93)(H,76,88)(H,77,90)(H,94,95)/t24-,34-,35+,42-,44+,46-,47-,48+,49-,50+,51-,52-,53-,54+,56-,57-,65+,66+/m1/s1. The van der Waals surface area contributed by atoms with Gasteiger partial charge >= 0.3 is 5.97 Å². The van der Waals surface area contributed by atoms with Crippen LogP contribution in [-0.4, -0.2) is 191 Å². The molecule has 0 radical (unpaired) electrons. The molecule has 101 heavy (non-hydrogen) atoms. The zero-order valence-corrected chi connectivity index (χ0v) is 55.8. The number of primary amides is 1. The van der Waals surface area contributed by atoms with Crippen molar-refractivity contribution < 1.29 is 118 Å². The van der Waals surface area contributed by atoms with Crippen LogP contribution in [0, 0.1) is 5.92 Å². The van der Waals surface area contributed by atoms with Crippen molar-refractivity contribution in [3.8, 4) is 57.1 Å². The first-order chi connectivity index (χ1) is 47.7. The number of benzene rings is 5. The number of ether oxygens (including phenoxy) is 6. The summed E-state index contributed by atoms with van der Waals surface area (Å²) in [5.74, 6) is -16.0. The molecule has 7 amide bonds. The zero-order chi connectivity index (χ0) is 73.5. The van der Waals surface area contributed by atoms with Crippen LogP contribution in [0.5, 0.6) is 46.0 Å². The topological polar surface area (TPSA) is 530 Å². The van der Waals surface area contributed by atoms with Crippen molar-refractivity contribution in [1.29, 1.82) is 0 Å². The number of aromatic hydroxyl groups is 3. The number of phenols is 3. The third kappa shape index (κ3) is 15.8. The van der Waals surface area contributed by atoms with Crippen LogP contribution < -0.4 is 62.9 Å². The van der Waals surface area contributed by atoms with E-state index in [0.29, 0.717) is 0 Å². The lowest BCUT2D eigenvalue weighted by atomic mass is 9.86. The molecule has 18 atom stereocenters. The lowest BCUT2D eigenvalue weighted by Crippen LogP contribution is -2.64. The Morgan fingerprint density at radius 3 is 1.90 bits per heavy atom. The van der Waals surface area contributed by atoms with Gasteiger partial charge in [0.15, 0.2) is 29.9 Å². The number of carbonyl (C=O) groups excluding carboxylic acids is 7. The number of carbonyl (C=O) groups is 8. The number of carboxylic acids is 1. The molecule has 12 rings (SSSR count). The fourth-order valence-electron chi connectivity index (χ4n) is 12.5. The normalized spacial score (nSPS) is 29.4. The molecule has 0 saturated carbocycles. The number of hydrogen-bond donors (Lipinski definition) is 19. The highest BCUT2D eigenvalue weighted by atomic mass is 35.5. The Balaban J connectivity index is 1.24.